The van der Waals surface area contributed by atoms with Gasteiger partial charge in [-0.2, -0.15) is 0 Å². The Kier molecular flexibility index (Phi) is 3.15. The van der Waals surface area contributed by atoms with Crippen LogP contribution in [0, 0.1) is 0 Å². The number of H-pyrrole nitrogens is 1. The summed E-state index contributed by atoms with van der Waals surface area (Å²) >= 11 is 0. The molecule has 0 fully saturated rings. The minimum absolute atomic E-state index is 0.273. The Balaban J connectivity index is 1.90. The zero-order valence-corrected chi connectivity index (χ0v) is 8.77. The van der Waals surface area contributed by atoms with E-state index in [4.69, 9.17) is 0 Å². The summed E-state index contributed by atoms with van der Waals surface area (Å²) in [6, 6.07) is 10.3. The van der Waals surface area contributed by atoms with Crippen molar-refractivity contribution in [3.8, 4) is 0 Å². The van der Waals surface area contributed by atoms with Crippen molar-refractivity contribution in [1.29, 1.82) is 0 Å². The molecule has 0 aromatic carbocycles. The molecule has 0 spiro atoms. The highest BCUT2D eigenvalue weighted by Gasteiger charge is 2.04. The zero-order valence-electron chi connectivity index (χ0n) is 8.77. The van der Waals surface area contributed by atoms with Gasteiger partial charge < -0.3 is 10.3 Å². The van der Waals surface area contributed by atoms with Crippen molar-refractivity contribution in [2.75, 3.05) is 0 Å². The van der Waals surface area contributed by atoms with Crippen molar-refractivity contribution in [2.24, 2.45) is 0 Å². The normalized spacial score (nSPS) is 12.6. The fourth-order valence-electron chi connectivity index (χ4n) is 1.48. The van der Waals surface area contributed by atoms with Crippen molar-refractivity contribution in [3.63, 3.8) is 0 Å². The Hall–Kier alpha value is -1.61. The predicted octanol–water partition coefficient (Wildman–Crippen LogP) is 2.26. The third-order valence-corrected chi connectivity index (χ3v) is 2.39. The van der Waals surface area contributed by atoms with E-state index in [1.54, 1.807) is 0 Å². The first-order chi connectivity index (χ1) is 7.36. The molecule has 0 unspecified atom stereocenters. The SMILES string of the molecule is C[C@@H](NCc1ccc[nH]1)c1ccccn1. The summed E-state index contributed by atoms with van der Waals surface area (Å²) in [6.45, 7) is 2.95. The number of nitrogens with one attached hydrogen (secondary N) is 2. The maximum atomic E-state index is 4.31. The number of rotatable bonds is 4. The Labute approximate surface area is 89.6 Å². The standard InChI is InChI=1S/C12H15N3/c1-10(12-6-2-3-7-14-12)15-9-11-5-4-8-13-11/h2-8,10,13,15H,9H2,1H3/t10-/m1/s1. The summed E-state index contributed by atoms with van der Waals surface area (Å²) in [5.41, 5.74) is 2.27. The largest absolute Gasteiger partial charge is 0.364 e. The van der Waals surface area contributed by atoms with Crippen LogP contribution in [0.25, 0.3) is 0 Å². The molecule has 0 aliphatic rings. The lowest BCUT2D eigenvalue weighted by molar-refractivity contribution is 0.556. The van der Waals surface area contributed by atoms with Gasteiger partial charge in [-0.05, 0) is 31.2 Å². The maximum absolute atomic E-state index is 4.31. The second-order valence-electron chi connectivity index (χ2n) is 3.55. The van der Waals surface area contributed by atoms with Crippen LogP contribution in [0.15, 0.2) is 42.7 Å². The first kappa shape index (κ1) is 9.93. The Morgan fingerprint density at radius 3 is 2.93 bits per heavy atom. The summed E-state index contributed by atoms with van der Waals surface area (Å²) < 4.78 is 0. The summed E-state index contributed by atoms with van der Waals surface area (Å²) in [7, 11) is 0. The van der Waals surface area contributed by atoms with Crippen LogP contribution in [-0.2, 0) is 6.54 Å². The number of hydrogen-bond acceptors (Lipinski definition) is 2. The molecule has 0 saturated heterocycles. The van der Waals surface area contributed by atoms with Crippen LogP contribution in [0.3, 0.4) is 0 Å². The molecule has 2 aromatic rings. The van der Waals surface area contributed by atoms with E-state index in [1.165, 1.54) is 5.69 Å². The van der Waals surface area contributed by atoms with Crippen molar-refractivity contribution in [3.05, 3.63) is 54.1 Å². The molecule has 0 aliphatic heterocycles. The van der Waals surface area contributed by atoms with Crippen molar-refractivity contribution < 1.29 is 0 Å². The Morgan fingerprint density at radius 1 is 1.33 bits per heavy atom. The highest BCUT2D eigenvalue weighted by atomic mass is 14.9. The third-order valence-electron chi connectivity index (χ3n) is 2.39. The second kappa shape index (κ2) is 4.75. The minimum atomic E-state index is 0.273. The van der Waals surface area contributed by atoms with E-state index < -0.39 is 0 Å². The lowest BCUT2D eigenvalue weighted by atomic mass is 10.2. The van der Waals surface area contributed by atoms with Crippen molar-refractivity contribution in [2.45, 2.75) is 19.5 Å². The van der Waals surface area contributed by atoms with E-state index >= 15 is 0 Å². The molecule has 3 heteroatoms. The number of pyridine rings is 1. The van der Waals surface area contributed by atoms with Crippen molar-refractivity contribution >= 4 is 0 Å². The highest BCUT2D eigenvalue weighted by molar-refractivity contribution is 5.09. The Bertz CT molecular complexity index is 381. The topological polar surface area (TPSA) is 40.7 Å². The maximum Gasteiger partial charge on any atom is 0.0570 e. The van der Waals surface area contributed by atoms with E-state index in [0.717, 1.165) is 12.2 Å². The fourth-order valence-corrected chi connectivity index (χ4v) is 1.48. The molecule has 0 amide bonds. The minimum Gasteiger partial charge on any atom is -0.364 e. The number of aromatic amines is 1. The lowest BCUT2D eigenvalue weighted by Crippen LogP contribution is -2.19. The van der Waals surface area contributed by atoms with Crippen LogP contribution in [0.1, 0.15) is 24.4 Å². The first-order valence-corrected chi connectivity index (χ1v) is 5.13. The average Bonchev–Trinajstić information content (AvgIpc) is 2.80. The molecule has 2 aromatic heterocycles. The molecule has 78 valence electrons. The average molecular weight is 201 g/mol. The predicted molar refractivity (Wildman–Crippen MR) is 60.3 cm³/mol. The van der Waals surface area contributed by atoms with Gasteiger partial charge in [0.1, 0.15) is 0 Å². The summed E-state index contributed by atoms with van der Waals surface area (Å²) in [5, 5.41) is 3.41. The molecule has 2 heterocycles. The van der Waals surface area contributed by atoms with Crippen LogP contribution in [0.5, 0.6) is 0 Å². The van der Waals surface area contributed by atoms with Crippen LogP contribution >= 0.6 is 0 Å². The summed E-state index contributed by atoms with van der Waals surface area (Å²) in [6.07, 6.45) is 3.75. The smallest absolute Gasteiger partial charge is 0.0570 e. The van der Waals surface area contributed by atoms with Gasteiger partial charge in [0.2, 0.25) is 0 Å². The molecule has 0 saturated carbocycles. The molecule has 0 aliphatic carbocycles. The fraction of sp³-hybridized carbons (Fsp3) is 0.250. The quantitative estimate of drug-likeness (QED) is 0.796. The summed E-state index contributed by atoms with van der Waals surface area (Å²) in [5.74, 6) is 0. The molecule has 1 atom stereocenters. The van der Waals surface area contributed by atoms with Crippen LogP contribution in [0.2, 0.25) is 0 Å². The van der Waals surface area contributed by atoms with Gasteiger partial charge in [-0.3, -0.25) is 4.98 Å². The number of aromatic nitrogens is 2. The molecular formula is C12H15N3. The molecule has 0 radical (unpaired) electrons. The molecule has 2 rings (SSSR count). The molecule has 2 N–H and O–H groups in total. The third kappa shape index (κ3) is 2.67. The number of nitrogens with zero attached hydrogens (tertiary/aromatic N) is 1. The lowest BCUT2D eigenvalue weighted by Gasteiger charge is -2.12. The molecular weight excluding hydrogens is 186 g/mol. The molecule has 0 bridgehead atoms. The van der Waals surface area contributed by atoms with Gasteiger partial charge in [-0.25, -0.2) is 0 Å². The van der Waals surface area contributed by atoms with Gasteiger partial charge in [0, 0.05) is 30.7 Å². The Morgan fingerprint density at radius 2 is 2.27 bits per heavy atom. The number of hydrogen-bond donors (Lipinski definition) is 2. The van der Waals surface area contributed by atoms with Crippen molar-refractivity contribution in [1.82, 2.24) is 15.3 Å². The van der Waals surface area contributed by atoms with Gasteiger partial charge in [0.05, 0.1) is 5.69 Å². The van der Waals surface area contributed by atoms with E-state index in [-0.39, 0.29) is 6.04 Å². The van der Waals surface area contributed by atoms with E-state index in [2.05, 4.69) is 28.3 Å². The zero-order chi connectivity index (χ0) is 10.5. The van der Waals surface area contributed by atoms with E-state index in [9.17, 15) is 0 Å². The van der Waals surface area contributed by atoms with Crippen LogP contribution in [-0.4, -0.2) is 9.97 Å². The monoisotopic (exact) mass is 201 g/mol. The van der Waals surface area contributed by atoms with Gasteiger partial charge in [-0.15, -0.1) is 0 Å². The van der Waals surface area contributed by atoms with Gasteiger partial charge in [-0.1, -0.05) is 6.07 Å². The first-order valence-electron chi connectivity index (χ1n) is 5.13. The molecule has 3 nitrogen and oxygen atoms in total. The van der Waals surface area contributed by atoms with Crippen LogP contribution in [0.4, 0.5) is 0 Å². The van der Waals surface area contributed by atoms with Gasteiger partial charge in [0.25, 0.3) is 0 Å². The second-order valence-corrected chi connectivity index (χ2v) is 3.55. The summed E-state index contributed by atoms with van der Waals surface area (Å²) in [4.78, 5) is 7.47. The van der Waals surface area contributed by atoms with Crippen LogP contribution < -0.4 is 5.32 Å². The van der Waals surface area contributed by atoms with Gasteiger partial charge >= 0.3 is 0 Å². The van der Waals surface area contributed by atoms with E-state index in [0.29, 0.717) is 0 Å². The molecule has 15 heavy (non-hydrogen) atoms. The highest BCUT2D eigenvalue weighted by Crippen LogP contribution is 2.08. The van der Waals surface area contributed by atoms with Gasteiger partial charge in [0.15, 0.2) is 0 Å². The van der Waals surface area contributed by atoms with E-state index in [1.807, 2.05) is 36.7 Å².